The molecule has 2 N–H and O–H groups in total. The number of benzene rings is 2. The second-order valence-electron chi connectivity index (χ2n) is 6.27. The molecule has 0 saturated carbocycles. The van der Waals surface area contributed by atoms with Crippen LogP contribution >= 0.6 is 0 Å². The van der Waals surface area contributed by atoms with Gasteiger partial charge < -0.3 is 24.6 Å². The van der Waals surface area contributed by atoms with E-state index in [0.29, 0.717) is 26.2 Å². The maximum atomic E-state index is 11.0. The maximum Gasteiger partial charge on any atom is 0.407 e. The SMILES string of the molecule is O=C(O)N1CCC(c2ccc(OCCOc3ccccc3)cc2)C(O)C1. The lowest BCUT2D eigenvalue weighted by atomic mass is 9.87. The van der Waals surface area contributed by atoms with Crippen LogP contribution in [0.5, 0.6) is 11.5 Å². The molecule has 1 saturated heterocycles. The number of aliphatic hydroxyl groups is 1. The van der Waals surface area contributed by atoms with Crippen LogP contribution in [0.2, 0.25) is 0 Å². The first kappa shape index (κ1) is 18.1. The first-order chi connectivity index (χ1) is 12.6. The van der Waals surface area contributed by atoms with Crippen molar-refractivity contribution in [2.75, 3.05) is 26.3 Å². The quantitative estimate of drug-likeness (QED) is 0.777. The number of para-hydroxylation sites is 1. The number of carbonyl (C=O) groups is 1. The van der Waals surface area contributed by atoms with E-state index in [2.05, 4.69) is 0 Å². The van der Waals surface area contributed by atoms with Crippen LogP contribution in [-0.4, -0.2) is 53.6 Å². The smallest absolute Gasteiger partial charge is 0.407 e. The molecule has 2 atom stereocenters. The fourth-order valence-electron chi connectivity index (χ4n) is 3.14. The van der Waals surface area contributed by atoms with Gasteiger partial charge in [0.2, 0.25) is 0 Å². The number of hydrogen-bond acceptors (Lipinski definition) is 4. The first-order valence-electron chi connectivity index (χ1n) is 8.70. The molecule has 0 aromatic heterocycles. The Labute approximate surface area is 152 Å². The number of carboxylic acid groups (broad SMARTS) is 1. The van der Waals surface area contributed by atoms with Gasteiger partial charge >= 0.3 is 6.09 Å². The zero-order valence-electron chi connectivity index (χ0n) is 14.5. The number of hydrogen-bond donors (Lipinski definition) is 2. The highest BCUT2D eigenvalue weighted by molar-refractivity contribution is 5.65. The molecule has 1 aliphatic heterocycles. The van der Waals surface area contributed by atoms with Crippen LogP contribution in [-0.2, 0) is 0 Å². The van der Waals surface area contributed by atoms with Gasteiger partial charge in [-0.3, -0.25) is 0 Å². The Bertz CT molecular complexity index is 704. The molecule has 2 unspecified atom stereocenters. The molecular formula is C20H23NO5. The topological polar surface area (TPSA) is 79.2 Å². The van der Waals surface area contributed by atoms with E-state index >= 15 is 0 Å². The Balaban J connectivity index is 1.47. The average molecular weight is 357 g/mol. The first-order valence-corrected chi connectivity index (χ1v) is 8.70. The zero-order valence-corrected chi connectivity index (χ0v) is 14.5. The number of amides is 1. The number of piperidine rings is 1. The highest BCUT2D eigenvalue weighted by Crippen LogP contribution is 2.29. The van der Waals surface area contributed by atoms with Gasteiger partial charge in [-0.05, 0) is 36.2 Å². The lowest BCUT2D eigenvalue weighted by Crippen LogP contribution is -2.45. The largest absolute Gasteiger partial charge is 0.490 e. The number of ether oxygens (including phenoxy) is 2. The van der Waals surface area contributed by atoms with Crippen molar-refractivity contribution in [3.8, 4) is 11.5 Å². The van der Waals surface area contributed by atoms with Gasteiger partial charge in [0, 0.05) is 12.5 Å². The summed E-state index contributed by atoms with van der Waals surface area (Å²) in [5.74, 6) is 1.50. The summed E-state index contributed by atoms with van der Waals surface area (Å²) in [7, 11) is 0. The van der Waals surface area contributed by atoms with Gasteiger partial charge in [0.25, 0.3) is 0 Å². The molecule has 6 heteroatoms. The van der Waals surface area contributed by atoms with E-state index < -0.39 is 12.2 Å². The summed E-state index contributed by atoms with van der Waals surface area (Å²) in [6, 6.07) is 17.2. The summed E-state index contributed by atoms with van der Waals surface area (Å²) >= 11 is 0. The van der Waals surface area contributed by atoms with Crippen LogP contribution in [0.15, 0.2) is 54.6 Å². The van der Waals surface area contributed by atoms with Crippen molar-refractivity contribution >= 4 is 6.09 Å². The van der Waals surface area contributed by atoms with E-state index in [1.165, 1.54) is 4.90 Å². The van der Waals surface area contributed by atoms with Crippen molar-refractivity contribution in [2.24, 2.45) is 0 Å². The molecule has 2 aromatic carbocycles. The Kier molecular flexibility index (Phi) is 5.96. The number of rotatable bonds is 6. The van der Waals surface area contributed by atoms with Crippen LogP contribution < -0.4 is 9.47 Å². The molecule has 0 aliphatic carbocycles. The third-order valence-electron chi connectivity index (χ3n) is 4.52. The molecule has 6 nitrogen and oxygen atoms in total. The van der Waals surface area contributed by atoms with Crippen molar-refractivity contribution in [1.82, 2.24) is 4.90 Å². The molecule has 0 bridgehead atoms. The molecule has 138 valence electrons. The summed E-state index contributed by atoms with van der Waals surface area (Å²) < 4.78 is 11.3. The fourth-order valence-corrected chi connectivity index (χ4v) is 3.14. The minimum atomic E-state index is -0.982. The predicted molar refractivity (Wildman–Crippen MR) is 96.8 cm³/mol. The van der Waals surface area contributed by atoms with Crippen molar-refractivity contribution in [3.05, 3.63) is 60.2 Å². The third-order valence-corrected chi connectivity index (χ3v) is 4.52. The van der Waals surface area contributed by atoms with Crippen molar-refractivity contribution in [3.63, 3.8) is 0 Å². The summed E-state index contributed by atoms with van der Waals surface area (Å²) in [5, 5.41) is 19.3. The lowest BCUT2D eigenvalue weighted by Gasteiger charge is -2.34. The third kappa shape index (κ3) is 4.67. The van der Waals surface area contributed by atoms with Gasteiger partial charge in [-0.25, -0.2) is 4.79 Å². The fraction of sp³-hybridized carbons (Fsp3) is 0.350. The standard InChI is InChI=1S/C20H23NO5/c22-19-14-21(20(23)24)11-10-18(19)15-6-8-17(9-7-15)26-13-12-25-16-4-2-1-3-5-16/h1-9,18-19,22H,10-14H2,(H,23,24). The van der Waals surface area contributed by atoms with E-state index in [0.717, 1.165) is 17.1 Å². The Hall–Kier alpha value is -2.73. The molecule has 0 spiro atoms. The molecular weight excluding hydrogens is 334 g/mol. The van der Waals surface area contributed by atoms with Crippen LogP contribution in [0, 0.1) is 0 Å². The van der Waals surface area contributed by atoms with Crippen molar-refractivity contribution < 1.29 is 24.5 Å². The van der Waals surface area contributed by atoms with Crippen molar-refractivity contribution in [2.45, 2.75) is 18.4 Å². The van der Waals surface area contributed by atoms with Crippen LogP contribution in [0.25, 0.3) is 0 Å². The number of aliphatic hydroxyl groups excluding tert-OH is 1. The van der Waals surface area contributed by atoms with E-state index in [-0.39, 0.29) is 12.5 Å². The Morgan fingerprint density at radius 2 is 1.62 bits per heavy atom. The van der Waals surface area contributed by atoms with E-state index in [4.69, 9.17) is 14.6 Å². The highest BCUT2D eigenvalue weighted by atomic mass is 16.5. The van der Waals surface area contributed by atoms with Crippen LogP contribution in [0.4, 0.5) is 4.79 Å². The number of nitrogens with zero attached hydrogens (tertiary/aromatic N) is 1. The minimum absolute atomic E-state index is 0.0546. The van der Waals surface area contributed by atoms with Gasteiger partial charge in [0.15, 0.2) is 0 Å². The van der Waals surface area contributed by atoms with Gasteiger partial charge in [-0.1, -0.05) is 30.3 Å². The zero-order chi connectivity index (χ0) is 18.4. The summed E-state index contributed by atoms with van der Waals surface area (Å²) in [5.41, 5.74) is 0.996. The molecule has 0 radical (unpaired) electrons. The van der Waals surface area contributed by atoms with E-state index in [1.54, 1.807) is 0 Å². The van der Waals surface area contributed by atoms with Gasteiger partial charge in [-0.2, -0.15) is 0 Å². The monoisotopic (exact) mass is 357 g/mol. The average Bonchev–Trinajstić information content (AvgIpc) is 2.66. The number of β-amino-alcohol motifs (C(OH)–C–C–N with tert-alkyl or cyclic N) is 1. The second-order valence-corrected chi connectivity index (χ2v) is 6.27. The summed E-state index contributed by atoms with van der Waals surface area (Å²) in [6.07, 6.45) is -1.06. The summed E-state index contributed by atoms with van der Waals surface area (Å²) in [6.45, 7) is 1.48. The maximum absolute atomic E-state index is 11.0. The van der Waals surface area contributed by atoms with Gasteiger partial charge in [0.05, 0.1) is 12.6 Å². The molecule has 26 heavy (non-hydrogen) atoms. The Morgan fingerprint density at radius 1 is 1.00 bits per heavy atom. The second kappa shape index (κ2) is 8.58. The molecule has 1 amide bonds. The molecule has 3 rings (SSSR count). The molecule has 1 fully saturated rings. The summed E-state index contributed by atoms with van der Waals surface area (Å²) in [4.78, 5) is 12.2. The number of likely N-dealkylation sites (tertiary alicyclic amines) is 1. The molecule has 2 aromatic rings. The van der Waals surface area contributed by atoms with Crippen molar-refractivity contribution in [1.29, 1.82) is 0 Å². The Morgan fingerprint density at radius 3 is 2.19 bits per heavy atom. The van der Waals surface area contributed by atoms with Crippen LogP contribution in [0.1, 0.15) is 17.9 Å². The van der Waals surface area contributed by atoms with Gasteiger partial charge in [0.1, 0.15) is 24.7 Å². The predicted octanol–water partition coefficient (Wildman–Crippen LogP) is 2.97. The van der Waals surface area contributed by atoms with E-state index in [1.807, 2.05) is 54.6 Å². The lowest BCUT2D eigenvalue weighted by molar-refractivity contribution is 0.0504. The van der Waals surface area contributed by atoms with Gasteiger partial charge in [-0.15, -0.1) is 0 Å². The minimum Gasteiger partial charge on any atom is -0.490 e. The molecule has 1 aliphatic rings. The molecule has 1 heterocycles. The highest BCUT2D eigenvalue weighted by Gasteiger charge is 2.30. The normalized spacial score (nSPS) is 19.8. The van der Waals surface area contributed by atoms with Crippen LogP contribution in [0.3, 0.4) is 0 Å². The van der Waals surface area contributed by atoms with E-state index in [9.17, 15) is 9.90 Å².